The number of nitrogens with two attached hydrogens (primary N) is 1. The quantitative estimate of drug-likeness (QED) is 0.236. The summed E-state index contributed by atoms with van der Waals surface area (Å²) in [7, 11) is 0. The molecule has 5 rings (SSSR count). The molecule has 0 spiro atoms. The van der Waals surface area contributed by atoms with Gasteiger partial charge in [0.1, 0.15) is 5.52 Å². The topological polar surface area (TPSA) is 116 Å². The normalized spacial score (nSPS) is 11.1. The molecule has 0 fully saturated rings. The lowest BCUT2D eigenvalue weighted by molar-refractivity contribution is -0.113. The van der Waals surface area contributed by atoms with Gasteiger partial charge in [0.05, 0.1) is 28.3 Å². The first-order valence-corrected chi connectivity index (χ1v) is 12.1. The van der Waals surface area contributed by atoms with Crippen LogP contribution in [0.5, 0.6) is 0 Å². The number of halogens is 2. The highest BCUT2D eigenvalue weighted by Gasteiger charge is 2.18. The number of imidazole rings is 1. The molecule has 0 radical (unpaired) electrons. The standard InChI is InChI=1S/C24H16Cl2N6O2S/c25-16-10-14(21(27)34)8-9-17(16)29-20(33)12-35-24-30-18-11-28-23(26)31-22(18)32(24)19-7-3-5-13-4-1-2-6-15(13)19/h1-11H,12H2,(H2,27,34)(H,29,33). The number of hydrogen-bond donors (Lipinski definition) is 2. The van der Waals surface area contributed by atoms with Crippen LogP contribution in [0.2, 0.25) is 10.3 Å². The van der Waals surface area contributed by atoms with Crippen LogP contribution < -0.4 is 11.1 Å². The number of amides is 2. The Morgan fingerprint density at radius 2 is 1.83 bits per heavy atom. The van der Waals surface area contributed by atoms with E-state index in [1.807, 2.05) is 47.0 Å². The lowest BCUT2D eigenvalue weighted by Gasteiger charge is -2.12. The fraction of sp³-hybridized carbons (Fsp3) is 0.0417. The van der Waals surface area contributed by atoms with Crippen molar-refractivity contribution < 1.29 is 9.59 Å². The van der Waals surface area contributed by atoms with E-state index in [4.69, 9.17) is 28.9 Å². The number of hydrogen-bond acceptors (Lipinski definition) is 6. The molecule has 0 aliphatic carbocycles. The fourth-order valence-electron chi connectivity index (χ4n) is 3.64. The number of aromatic nitrogens is 4. The number of benzene rings is 3. The van der Waals surface area contributed by atoms with Gasteiger partial charge in [-0.1, -0.05) is 59.8 Å². The van der Waals surface area contributed by atoms with E-state index in [0.29, 0.717) is 22.0 Å². The summed E-state index contributed by atoms with van der Waals surface area (Å²) in [5.74, 6) is -0.858. The molecule has 2 amide bonds. The zero-order valence-corrected chi connectivity index (χ0v) is 20.2. The van der Waals surface area contributed by atoms with Gasteiger partial charge in [0, 0.05) is 10.9 Å². The molecule has 2 heterocycles. The number of fused-ring (bicyclic) bond motifs is 2. The molecule has 0 saturated carbocycles. The lowest BCUT2D eigenvalue weighted by Crippen LogP contribution is -2.16. The SMILES string of the molecule is NC(=O)c1ccc(NC(=O)CSc2nc3cnc(Cl)nc3n2-c2cccc3ccccc23)c(Cl)c1. The molecule has 0 aliphatic rings. The van der Waals surface area contributed by atoms with Crippen LogP contribution in [0.15, 0.2) is 72.0 Å². The third-order valence-electron chi connectivity index (χ3n) is 5.21. The maximum atomic E-state index is 12.7. The summed E-state index contributed by atoms with van der Waals surface area (Å²) in [6, 6.07) is 18.3. The molecule has 11 heteroatoms. The Kier molecular flexibility index (Phi) is 6.29. The Labute approximate surface area is 213 Å². The number of rotatable bonds is 6. The Morgan fingerprint density at radius 1 is 1.03 bits per heavy atom. The average molecular weight is 523 g/mol. The van der Waals surface area contributed by atoms with Crippen LogP contribution in [-0.4, -0.2) is 37.1 Å². The summed E-state index contributed by atoms with van der Waals surface area (Å²) in [6.07, 6.45) is 1.55. The summed E-state index contributed by atoms with van der Waals surface area (Å²) in [5, 5.41) is 5.66. The van der Waals surface area contributed by atoms with Gasteiger partial charge in [-0.25, -0.2) is 9.97 Å². The Bertz CT molecular complexity index is 1620. The molecule has 0 bridgehead atoms. The highest BCUT2D eigenvalue weighted by atomic mass is 35.5. The molecule has 0 atom stereocenters. The summed E-state index contributed by atoms with van der Waals surface area (Å²) in [6.45, 7) is 0. The van der Waals surface area contributed by atoms with Crippen LogP contribution in [0, 0.1) is 0 Å². The van der Waals surface area contributed by atoms with E-state index in [9.17, 15) is 9.59 Å². The number of nitrogens with zero attached hydrogens (tertiary/aromatic N) is 4. The van der Waals surface area contributed by atoms with Crippen LogP contribution in [0.25, 0.3) is 27.6 Å². The van der Waals surface area contributed by atoms with Gasteiger partial charge in [-0.05, 0) is 41.3 Å². The van der Waals surface area contributed by atoms with Gasteiger partial charge in [-0.2, -0.15) is 4.98 Å². The van der Waals surface area contributed by atoms with Gasteiger partial charge >= 0.3 is 0 Å². The van der Waals surface area contributed by atoms with E-state index in [2.05, 4.69) is 20.3 Å². The Hall–Kier alpha value is -3.66. The molecular weight excluding hydrogens is 507 g/mol. The van der Waals surface area contributed by atoms with Crippen molar-refractivity contribution in [1.82, 2.24) is 19.5 Å². The van der Waals surface area contributed by atoms with E-state index < -0.39 is 5.91 Å². The van der Waals surface area contributed by atoms with Gasteiger partial charge in [0.2, 0.25) is 17.1 Å². The largest absolute Gasteiger partial charge is 0.366 e. The van der Waals surface area contributed by atoms with E-state index >= 15 is 0 Å². The van der Waals surface area contributed by atoms with Gasteiger partial charge in [-0.15, -0.1) is 0 Å². The van der Waals surface area contributed by atoms with E-state index in [0.717, 1.165) is 16.5 Å². The molecule has 0 aliphatic heterocycles. The van der Waals surface area contributed by atoms with Crippen LogP contribution in [0.4, 0.5) is 5.69 Å². The summed E-state index contributed by atoms with van der Waals surface area (Å²) >= 11 is 13.5. The molecule has 0 unspecified atom stereocenters. The van der Waals surface area contributed by atoms with Crippen LogP contribution in [0.3, 0.4) is 0 Å². The number of primary amides is 1. The van der Waals surface area contributed by atoms with E-state index in [-0.39, 0.29) is 27.5 Å². The fourth-order valence-corrected chi connectivity index (χ4v) is 4.80. The van der Waals surface area contributed by atoms with Crippen LogP contribution >= 0.6 is 35.0 Å². The van der Waals surface area contributed by atoms with Crippen molar-refractivity contribution >= 4 is 74.4 Å². The van der Waals surface area contributed by atoms with Crippen molar-refractivity contribution in [3.63, 3.8) is 0 Å². The van der Waals surface area contributed by atoms with Crippen LogP contribution in [0.1, 0.15) is 10.4 Å². The Morgan fingerprint density at radius 3 is 2.63 bits per heavy atom. The summed E-state index contributed by atoms with van der Waals surface area (Å²) in [4.78, 5) is 37.1. The van der Waals surface area contributed by atoms with Crippen LogP contribution in [-0.2, 0) is 4.79 Å². The summed E-state index contributed by atoms with van der Waals surface area (Å²) < 4.78 is 1.87. The first-order chi connectivity index (χ1) is 16.9. The minimum atomic E-state index is -0.601. The molecule has 5 aromatic rings. The summed E-state index contributed by atoms with van der Waals surface area (Å²) in [5.41, 5.74) is 7.84. The second-order valence-electron chi connectivity index (χ2n) is 7.47. The molecule has 8 nitrogen and oxygen atoms in total. The maximum Gasteiger partial charge on any atom is 0.248 e. The minimum absolute atomic E-state index is 0.0448. The molecular formula is C24H16Cl2N6O2S. The molecule has 3 N–H and O–H groups in total. The first kappa shape index (κ1) is 23.1. The lowest BCUT2D eigenvalue weighted by atomic mass is 10.1. The van der Waals surface area contributed by atoms with Gasteiger partial charge in [0.25, 0.3) is 0 Å². The average Bonchev–Trinajstić information content (AvgIpc) is 3.20. The third kappa shape index (κ3) is 4.66. The zero-order valence-electron chi connectivity index (χ0n) is 17.9. The monoisotopic (exact) mass is 522 g/mol. The molecule has 35 heavy (non-hydrogen) atoms. The number of carbonyl (C=O) groups is 2. The van der Waals surface area contributed by atoms with Crippen molar-refractivity contribution in [2.75, 3.05) is 11.1 Å². The number of anilines is 1. The minimum Gasteiger partial charge on any atom is -0.366 e. The highest BCUT2D eigenvalue weighted by Crippen LogP contribution is 2.31. The smallest absolute Gasteiger partial charge is 0.248 e. The number of thioether (sulfide) groups is 1. The highest BCUT2D eigenvalue weighted by molar-refractivity contribution is 7.99. The van der Waals surface area contributed by atoms with E-state index in [1.54, 1.807) is 6.20 Å². The third-order valence-corrected chi connectivity index (χ3v) is 6.64. The van der Waals surface area contributed by atoms with Gasteiger partial charge < -0.3 is 11.1 Å². The zero-order chi connectivity index (χ0) is 24.5. The predicted molar refractivity (Wildman–Crippen MR) is 138 cm³/mol. The van der Waals surface area contributed by atoms with Crippen molar-refractivity contribution in [2.24, 2.45) is 5.73 Å². The van der Waals surface area contributed by atoms with Crippen molar-refractivity contribution in [2.45, 2.75) is 5.16 Å². The Balaban J connectivity index is 1.47. The van der Waals surface area contributed by atoms with Crippen molar-refractivity contribution in [3.8, 4) is 5.69 Å². The maximum absolute atomic E-state index is 12.7. The number of nitrogens with one attached hydrogen (secondary N) is 1. The van der Waals surface area contributed by atoms with Gasteiger partial charge in [-0.3, -0.25) is 14.2 Å². The first-order valence-electron chi connectivity index (χ1n) is 10.3. The molecule has 174 valence electrons. The molecule has 2 aromatic heterocycles. The molecule has 0 saturated heterocycles. The van der Waals surface area contributed by atoms with Crippen molar-refractivity contribution in [3.05, 3.63) is 82.7 Å². The van der Waals surface area contributed by atoms with Crippen molar-refractivity contribution in [1.29, 1.82) is 0 Å². The predicted octanol–water partition coefficient (Wildman–Crippen LogP) is 5.11. The molecule has 3 aromatic carbocycles. The second-order valence-corrected chi connectivity index (χ2v) is 9.16. The second kappa shape index (κ2) is 9.53. The van der Waals surface area contributed by atoms with E-state index in [1.165, 1.54) is 30.0 Å². The number of carbonyl (C=O) groups excluding carboxylic acids is 2. The van der Waals surface area contributed by atoms with Gasteiger partial charge in [0.15, 0.2) is 10.8 Å².